The van der Waals surface area contributed by atoms with Crippen molar-refractivity contribution in [1.82, 2.24) is 0 Å². The van der Waals surface area contributed by atoms with Gasteiger partial charge in [0.25, 0.3) is 0 Å². The summed E-state index contributed by atoms with van der Waals surface area (Å²) >= 11 is 7.33. The fourth-order valence-electron chi connectivity index (χ4n) is 2.22. The molecule has 4 heteroatoms. The van der Waals surface area contributed by atoms with Gasteiger partial charge in [-0.2, -0.15) is 0 Å². The largest absolute Gasteiger partial charge is 0.143 e. The van der Waals surface area contributed by atoms with E-state index in [1.54, 1.807) is 22.7 Å². The van der Waals surface area contributed by atoms with Crippen LogP contribution in [0.25, 0.3) is 35.3 Å². The van der Waals surface area contributed by atoms with Crippen molar-refractivity contribution in [2.45, 2.75) is 0 Å². The molecule has 0 amide bonds. The van der Waals surface area contributed by atoms with Gasteiger partial charge in [-0.15, -0.1) is 45.3 Å². The average molecular weight is 357 g/mol. The van der Waals surface area contributed by atoms with Gasteiger partial charge in [-0.25, -0.2) is 0 Å². The van der Waals surface area contributed by atoms with Crippen LogP contribution in [0, 0.1) is 0 Å². The van der Waals surface area contributed by atoms with E-state index in [-0.39, 0.29) is 0 Å². The Morgan fingerprint density at radius 1 is 0.636 bits per heavy atom. The molecular formula is C18H12S4. The minimum atomic E-state index is 1.22. The Labute approximate surface area is 145 Å². The van der Waals surface area contributed by atoms with Crippen molar-refractivity contribution in [2.75, 3.05) is 0 Å². The first-order valence-corrected chi connectivity index (χ1v) is 10.1. The molecule has 0 aliphatic carbocycles. The minimum Gasteiger partial charge on any atom is -0.143 e. The van der Waals surface area contributed by atoms with Crippen LogP contribution in [0.4, 0.5) is 0 Å². The Kier molecular flexibility index (Phi) is 3.84. The third-order valence-electron chi connectivity index (χ3n) is 3.29. The zero-order chi connectivity index (χ0) is 14.9. The van der Waals surface area contributed by atoms with Gasteiger partial charge >= 0.3 is 0 Å². The van der Waals surface area contributed by atoms with Crippen LogP contribution in [0.5, 0.6) is 0 Å². The predicted molar refractivity (Wildman–Crippen MR) is 104 cm³/mol. The fourth-order valence-corrected chi connectivity index (χ4v) is 6.10. The lowest BCUT2D eigenvalue weighted by molar-refractivity contribution is 1.89. The topological polar surface area (TPSA) is 0 Å². The normalized spacial score (nSPS) is 10.9. The molecule has 0 unspecified atom stereocenters. The Morgan fingerprint density at radius 2 is 1.18 bits per heavy atom. The highest BCUT2D eigenvalue weighted by Gasteiger charge is 2.10. The molecule has 4 aromatic rings. The van der Waals surface area contributed by atoms with E-state index in [0.29, 0.717) is 0 Å². The van der Waals surface area contributed by atoms with Gasteiger partial charge in [0.1, 0.15) is 0 Å². The zero-order valence-electron chi connectivity index (χ0n) is 11.6. The number of rotatable bonds is 4. The van der Waals surface area contributed by atoms with Gasteiger partial charge in [0.2, 0.25) is 0 Å². The zero-order valence-corrected chi connectivity index (χ0v) is 14.9. The smallest absolute Gasteiger partial charge is 0.0449 e. The fraction of sp³-hybridized carbons (Fsp3) is 0. The molecule has 108 valence electrons. The molecule has 0 N–H and O–H groups in total. The summed E-state index contributed by atoms with van der Waals surface area (Å²) in [6.45, 7) is 3.83. The van der Waals surface area contributed by atoms with Gasteiger partial charge < -0.3 is 0 Å². The monoisotopic (exact) mass is 356 g/mol. The van der Waals surface area contributed by atoms with Crippen molar-refractivity contribution in [3.8, 4) is 29.3 Å². The van der Waals surface area contributed by atoms with Crippen LogP contribution < -0.4 is 0 Å². The van der Waals surface area contributed by atoms with Gasteiger partial charge in [-0.1, -0.05) is 18.7 Å². The van der Waals surface area contributed by atoms with Gasteiger partial charge in [-0.05, 0) is 47.8 Å². The molecule has 0 fully saturated rings. The molecule has 0 nitrogen and oxygen atoms in total. The number of hydrogen-bond acceptors (Lipinski definition) is 4. The van der Waals surface area contributed by atoms with E-state index in [9.17, 15) is 0 Å². The molecule has 0 radical (unpaired) electrons. The second-order valence-corrected chi connectivity index (χ2v) is 8.94. The second-order valence-electron chi connectivity index (χ2n) is 4.71. The van der Waals surface area contributed by atoms with E-state index >= 15 is 0 Å². The maximum absolute atomic E-state index is 3.83. The SMILES string of the molecule is C=Cc1ccc(-c2ccc(-c3ccc(-c4cccs4)s3)s2)s1. The van der Waals surface area contributed by atoms with Crippen molar-refractivity contribution in [3.05, 3.63) is 65.4 Å². The summed E-state index contributed by atoms with van der Waals surface area (Å²) in [5, 5.41) is 2.13. The van der Waals surface area contributed by atoms with Crippen molar-refractivity contribution in [3.63, 3.8) is 0 Å². The lowest BCUT2D eigenvalue weighted by atomic mass is 10.3. The number of thiophene rings is 4. The molecule has 4 aromatic heterocycles. The van der Waals surface area contributed by atoms with Crippen LogP contribution in [0.2, 0.25) is 0 Å². The third-order valence-corrected chi connectivity index (χ3v) is 8.00. The van der Waals surface area contributed by atoms with E-state index in [0.717, 1.165) is 0 Å². The van der Waals surface area contributed by atoms with Crippen LogP contribution in [-0.4, -0.2) is 0 Å². The molecule has 0 saturated heterocycles. The Bertz CT molecular complexity index is 903. The maximum Gasteiger partial charge on any atom is 0.0449 e. The van der Waals surface area contributed by atoms with E-state index in [2.05, 4.69) is 60.5 Å². The molecule has 4 rings (SSSR count). The highest BCUT2D eigenvalue weighted by atomic mass is 32.1. The van der Waals surface area contributed by atoms with Gasteiger partial charge in [0.15, 0.2) is 0 Å². The molecule has 0 atom stereocenters. The van der Waals surface area contributed by atoms with Crippen molar-refractivity contribution < 1.29 is 0 Å². The Morgan fingerprint density at radius 3 is 1.68 bits per heavy atom. The van der Waals surface area contributed by atoms with Gasteiger partial charge in [-0.3, -0.25) is 0 Å². The van der Waals surface area contributed by atoms with Crippen LogP contribution >= 0.6 is 45.3 Å². The predicted octanol–water partition coefficient (Wildman–Crippen LogP) is 7.58. The first-order chi connectivity index (χ1) is 10.8. The van der Waals surface area contributed by atoms with Crippen LogP contribution in [0.15, 0.2) is 60.5 Å². The van der Waals surface area contributed by atoms with Crippen LogP contribution in [-0.2, 0) is 0 Å². The number of hydrogen-bond donors (Lipinski definition) is 0. The standard InChI is InChI=1S/C18H12S4/c1-2-12-5-6-15(20-12)16-9-10-18(22-16)17-8-7-14(21-17)13-4-3-11-19-13/h2-11H,1H2. The van der Waals surface area contributed by atoms with Crippen molar-refractivity contribution >= 4 is 51.4 Å². The van der Waals surface area contributed by atoms with Gasteiger partial charge in [0.05, 0.1) is 0 Å². The first kappa shape index (κ1) is 14.2. The average Bonchev–Trinajstić information content (AvgIpc) is 3.33. The Hall–Kier alpha value is -1.46. The van der Waals surface area contributed by atoms with Crippen LogP contribution in [0.3, 0.4) is 0 Å². The summed E-state index contributed by atoms with van der Waals surface area (Å²) in [6.07, 6.45) is 1.91. The summed E-state index contributed by atoms with van der Waals surface area (Å²) < 4.78 is 0. The minimum absolute atomic E-state index is 1.22. The van der Waals surface area contributed by atoms with E-state index < -0.39 is 0 Å². The first-order valence-electron chi connectivity index (χ1n) is 6.80. The van der Waals surface area contributed by atoms with E-state index in [1.165, 1.54) is 34.1 Å². The maximum atomic E-state index is 3.83. The van der Waals surface area contributed by atoms with E-state index in [4.69, 9.17) is 0 Å². The van der Waals surface area contributed by atoms with Crippen LogP contribution in [0.1, 0.15) is 4.88 Å². The lowest BCUT2D eigenvalue weighted by Crippen LogP contribution is -1.58. The molecule has 0 bridgehead atoms. The molecular weight excluding hydrogens is 344 g/mol. The summed E-state index contributed by atoms with van der Waals surface area (Å²) in [5.74, 6) is 0. The summed E-state index contributed by atoms with van der Waals surface area (Å²) in [4.78, 5) is 9.27. The molecule has 22 heavy (non-hydrogen) atoms. The molecule has 0 spiro atoms. The van der Waals surface area contributed by atoms with Crippen molar-refractivity contribution in [2.24, 2.45) is 0 Å². The lowest BCUT2D eigenvalue weighted by Gasteiger charge is -1.91. The third kappa shape index (κ3) is 2.63. The summed E-state index contributed by atoms with van der Waals surface area (Å²) in [6, 6.07) is 17.5. The second kappa shape index (κ2) is 5.97. The molecule has 0 aliphatic rings. The quantitative estimate of drug-likeness (QED) is 0.353. The Balaban J connectivity index is 1.65. The highest BCUT2D eigenvalue weighted by molar-refractivity contribution is 7.28. The molecule has 0 aromatic carbocycles. The van der Waals surface area contributed by atoms with Crippen molar-refractivity contribution in [1.29, 1.82) is 0 Å². The van der Waals surface area contributed by atoms with E-state index in [1.807, 2.05) is 28.7 Å². The molecule has 4 heterocycles. The van der Waals surface area contributed by atoms with Gasteiger partial charge in [0, 0.05) is 34.1 Å². The summed E-state index contributed by atoms with van der Waals surface area (Å²) in [7, 11) is 0. The highest BCUT2D eigenvalue weighted by Crippen LogP contribution is 2.42. The molecule has 0 aliphatic heterocycles. The summed E-state index contributed by atoms with van der Waals surface area (Å²) in [5.41, 5.74) is 0. The molecule has 0 saturated carbocycles.